The highest BCUT2D eigenvalue weighted by Crippen LogP contribution is 2.11. The van der Waals surface area contributed by atoms with E-state index >= 15 is 0 Å². The van der Waals surface area contributed by atoms with E-state index in [0.29, 0.717) is 0 Å². The maximum absolute atomic E-state index is 12.2. The predicted octanol–water partition coefficient (Wildman–Crippen LogP) is 1.76. The maximum atomic E-state index is 12.2. The largest absolute Gasteiger partial charge is 0.326 e. The lowest BCUT2D eigenvalue weighted by Crippen LogP contribution is -2.31. The van der Waals surface area contributed by atoms with E-state index in [9.17, 15) is 13.2 Å². The summed E-state index contributed by atoms with van der Waals surface area (Å²) in [6.45, 7) is 2.32. The Morgan fingerprint density at radius 1 is 1.08 bits per heavy atom. The molecule has 0 aliphatic carbocycles. The van der Waals surface area contributed by atoms with E-state index in [1.807, 2.05) is 49.4 Å². The molecule has 0 spiro atoms. The summed E-state index contributed by atoms with van der Waals surface area (Å²) in [5.74, 6) is -0.0670. The van der Waals surface area contributed by atoms with Crippen LogP contribution in [0, 0.1) is 6.92 Å². The molecule has 0 radical (unpaired) electrons. The van der Waals surface area contributed by atoms with Gasteiger partial charge in [0.2, 0.25) is 10.0 Å². The Morgan fingerprint density at radius 3 is 2.58 bits per heavy atom. The molecule has 2 aromatic carbocycles. The van der Waals surface area contributed by atoms with Crippen LogP contribution < -0.4 is 10.4 Å². The Kier molecular flexibility index (Phi) is 4.55. The second-order valence-corrected chi connectivity index (χ2v) is 7.49. The third-order valence-corrected chi connectivity index (χ3v) is 5.28. The number of nitrogens with zero attached hydrogens (tertiary/aromatic N) is 1. The molecular formula is C17H19N3O3S. The molecule has 0 aliphatic rings. The number of nitrogens with one attached hydrogen (secondary N) is 2. The first-order chi connectivity index (χ1) is 11.5. The number of hydrogen-bond acceptors (Lipinski definition) is 3. The molecule has 0 saturated carbocycles. The first-order valence-electron chi connectivity index (χ1n) is 7.66. The van der Waals surface area contributed by atoms with E-state index in [4.69, 9.17) is 0 Å². The summed E-state index contributed by atoms with van der Waals surface area (Å²) in [4.78, 5) is 14.7. The van der Waals surface area contributed by atoms with Crippen molar-refractivity contribution in [3.05, 3.63) is 70.1 Å². The molecule has 0 bridgehead atoms. The Hall–Kier alpha value is -2.38. The van der Waals surface area contributed by atoms with Crippen LogP contribution in [0.25, 0.3) is 11.0 Å². The molecule has 0 atom stereocenters. The van der Waals surface area contributed by atoms with Gasteiger partial charge in [0.25, 0.3) is 0 Å². The SMILES string of the molecule is Cc1ccccc1CS(=O)(=O)NCCn1c(=O)[nH]c2ccccc21. The van der Waals surface area contributed by atoms with E-state index in [1.54, 1.807) is 6.07 Å². The first kappa shape index (κ1) is 16.5. The van der Waals surface area contributed by atoms with Gasteiger partial charge in [0.15, 0.2) is 0 Å². The summed E-state index contributed by atoms with van der Waals surface area (Å²) >= 11 is 0. The molecule has 6 nitrogen and oxygen atoms in total. The fraction of sp³-hybridized carbons (Fsp3) is 0.235. The summed E-state index contributed by atoms with van der Waals surface area (Å²) < 4.78 is 28.5. The highest BCUT2D eigenvalue weighted by molar-refractivity contribution is 7.88. The molecule has 126 valence electrons. The number of para-hydroxylation sites is 2. The van der Waals surface area contributed by atoms with Gasteiger partial charge in [-0.3, -0.25) is 4.57 Å². The molecule has 0 aliphatic heterocycles. The van der Waals surface area contributed by atoms with Gasteiger partial charge in [0, 0.05) is 13.1 Å². The van der Waals surface area contributed by atoms with Gasteiger partial charge in [-0.1, -0.05) is 36.4 Å². The van der Waals surface area contributed by atoms with Crippen LogP contribution in [0.5, 0.6) is 0 Å². The van der Waals surface area contributed by atoms with Gasteiger partial charge in [0.1, 0.15) is 0 Å². The third kappa shape index (κ3) is 3.58. The van der Waals surface area contributed by atoms with Crippen LogP contribution in [-0.2, 0) is 22.3 Å². The zero-order valence-electron chi connectivity index (χ0n) is 13.3. The Bertz CT molecular complexity index is 1020. The zero-order valence-corrected chi connectivity index (χ0v) is 14.1. The van der Waals surface area contributed by atoms with Crippen molar-refractivity contribution in [2.75, 3.05) is 6.54 Å². The van der Waals surface area contributed by atoms with Crippen LogP contribution in [-0.4, -0.2) is 24.5 Å². The van der Waals surface area contributed by atoms with Gasteiger partial charge >= 0.3 is 5.69 Å². The van der Waals surface area contributed by atoms with E-state index in [2.05, 4.69) is 9.71 Å². The minimum Gasteiger partial charge on any atom is -0.306 e. The van der Waals surface area contributed by atoms with Crippen LogP contribution >= 0.6 is 0 Å². The molecule has 1 heterocycles. The average molecular weight is 345 g/mol. The molecule has 0 unspecified atom stereocenters. The van der Waals surface area contributed by atoms with Crippen LogP contribution in [0.4, 0.5) is 0 Å². The number of fused-ring (bicyclic) bond motifs is 1. The van der Waals surface area contributed by atoms with Crippen molar-refractivity contribution in [3.63, 3.8) is 0 Å². The molecule has 7 heteroatoms. The highest BCUT2D eigenvalue weighted by atomic mass is 32.2. The molecule has 3 rings (SSSR count). The van der Waals surface area contributed by atoms with Crippen LogP contribution in [0.2, 0.25) is 0 Å². The van der Waals surface area contributed by atoms with E-state index in [1.165, 1.54) is 4.57 Å². The summed E-state index contributed by atoms with van der Waals surface area (Å²) in [7, 11) is -3.45. The van der Waals surface area contributed by atoms with Crippen molar-refractivity contribution in [2.45, 2.75) is 19.2 Å². The second kappa shape index (κ2) is 6.62. The Labute approximate surface area is 140 Å². The first-order valence-corrected chi connectivity index (χ1v) is 9.31. The van der Waals surface area contributed by atoms with Crippen molar-refractivity contribution < 1.29 is 8.42 Å². The van der Waals surface area contributed by atoms with E-state index in [0.717, 1.165) is 22.2 Å². The normalized spacial score (nSPS) is 11.9. The van der Waals surface area contributed by atoms with E-state index in [-0.39, 0.29) is 24.5 Å². The van der Waals surface area contributed by atoms with Gasteiger partial charge < -0.3 is 4.98 Å². The van der Waals surface area contributed by atoms with Gasteiger partial charge in [-0.15, -0.1) is 0 Å². The predicted molar refractivity (Wildman–Crippen MR) is 94.4 cm³/mol. The number of imidazole rings is 1. The zero-order chi connectivity index (χ0) is 17.2. The molecular weight excluding hydrogens is 326 g/mol. The topological polar surface area (TPSA) is 84.0 Å². The number of aromatic nitrogens is 2. The second-order valence-electron chi connectivity index (χ2n) is 5.68. The molecule has 24 heavy (non-hydrogen) atoms. The van der Waals surface area contributed by atoms with Gasteiger partial charge in [-0.25, -0.2) is 17.9 Å². The minimum absolute atomic E-state index is 0.0670. The number of hydrogen-bond donors (Lipinski definition) is 2. The fourth-order valence-electron chi connectivity index (χ4n) is 2.67. The number of H-pyrrole nitrogens is 1. The van der Waals surface area contributed by atoms with Crippen molar-refractivity contribution in [3.8, 4) is 0 Å². The van der Waals surface area contributed by atoms with Gasteiger partial charge in [0.05, 0.1) is 16.8 Å². The van der Waals surface area contributed by atoms with E-state index < -0.39 is 10.0 Å². The Balaban J connectivity index is 1.68. The summed E-state index contributed by atoms with van der Waals surface area (Å²) in [6.07, 6.45) is 0. The molecule has 0 saturated heterocycles. The number of benzene rings is 2. The van der Waals surface area contributed by atoms with Crippen molar-refractivity contribution in [2.24, 2.45) is 0 Å². The van der Waals surface area contributed by atoms with Gasteiger partial charge in [-0.2, -0.15) is 0 Å². The molecule has 3 aromatic rings. The van der Waals surface area contributed by atoms with Crippen molar-refractivity contribution in [1.29, 1.82) is 0 Å². The number of aromatic amines is 1. The van der Waals surface area contributed by atoms with Crippen LogP contribution in [0.3, 0.4) is 0 Å². The monoisotopic (exact) mass is 345 g/mol. The maximum Gasteiger partial charge on any atom is 0.326 e. The summed E-state index contributed by atoms with van der Waals surface area (Å²) in [5, 5.41) is 0. The third-order valence-electron chi connectivity index (χ3n) is 3.95. The van der Waals surface area contributed by atoms with Crippen LogP contribution in [0.15, 0.2) is 53.3 Å². The molecule has 0 amide bonds. The number of aryl methyl sites for hydroxylation is 1. The highest BCUT2D eigenvalue weighted by Gasteiger charge is 2.13. The van der Waals surface area contributed by atoms with Crippen molar-refractivity contribution in [1.82, 2.24) is 14.3 Å². The molecule has 1 aromatic heterocycles. The number of sulfonamides is 1. The van der Waals surface area contributed by atoms with Crippen molar-refractivity contribution >= 4 is 21.1 Å². The van der Waals surface area contributed by atoms with Crippen LogP contribution in [0.1, 0.15) is 11.1 Å². The molecule has 2 N–H and O–H groups in total. The molecule has 0 fully saturated rings. The lowest BCUT2D eigenvalue weighted by Gasteiger charge is -2.09. The smallest absolute Gasteiger partial charge is 0.306 e. The summed E-state index contributed by atoms with van der Waals surface area (Å²) in [5.41, 5.74) is 2.98. The lowest BCUT2D eigenvalue weighted by atomic mass is 10.1. The number of rotatable bonds is 6. The Morgan fingerprint density at radius 2 is 1.79 bits per heavy atom. The fourth-order valence-corrected chi connectivity index (χ4v) is 3.91. The standard InChI is InChI=1S/C17H19N3O3S/c1-13-6-2-3-7-14(13)12-24(22,23)18-10-11-20-16-9-5-4-8-15(16)19-17(20)21/h2-9,18H,10-12H2,1H3,(H,19,21). The lowest BCUT2D eigenvalue weighted by molar-refractivity contribution is 0.571. The minimum atomic E-state index is -3.45. The average Bonchev–Trinajstić information content (AvgIpc) is 2.85. The quantitative estimate of drug-likeness (QED) is 0.714. The summed E-state index contributed by atoms with van der Waals surface area (Å²) in [6, 6.07) is 14.7. The van der Waals surface area contributed by atoms with Gasteiger partial charge in [-0.05, 0) is 30.2 Å².